The van der Waals surface area contributed by atoms with E-state index in [9.17, 15) is 5.11 Å². The van der Waals surface area contributed by atoms with E-state index < -0.39 is 5.60 Å². The van der Waals surface area contributed by atoms with Crippen molar-refractivity contribution in [3.05, 3.63) is 16.4 Å². The molecule has 1 saturated heterocycles. The zero-order chi connectivity index (χ0) is 15.5. The third-order valence-corrected chi connectivity index (χ3v) is 4.29. The molecule has 0 aliphatic carbocycles. The number of ether oxygens (including phenoxy) is 1. The zero-order valence-corrected chi connectivity index (χ0v) is 14.6. The topological polar surface area (TPSA) is 62.6 Å². The Kier molecular flexibility index (Phi) is 5.79. The van der Waals surface area contributed by atoms with Gasteiger partial charge in [0.25, 0.3) is 0 Å². The summed E-state index contributed by atoms with van der Waals surface area (Å²) < 4.78 is 8.20. The molecular weight excluding hydrogens is 336 g/mol. The van der Waals surface area contributed by atoms with Gasteiger partial charge in [0.15, 0.2) is 0 Å². The van der Waals surface area contributed by atoms with Crippen LogP contribution in [0.15, 0.2) is 10.7 Å². The zero-order valence-electron chi connectivity index (χ0n) is 13.0. The molecule has 0 radical (unpaired) electrons. The minimum atomic E-state index is -0.958. The molecule has 1 aromatic heterocycles. The van der Waals surface area contributed by atoms with Gasteiger partial charge in [-0.05, 0) is 43.4 Å². The van der Waals surface area contributed by atoms with Crippen molar-refractivity contribution in [2.45, 2.75) is 31.5 Å². The average Bonchev–Trinajstić information content (AvgIpc) is 2.79. The van der Waals surface area contributed by atoms with E-state index in [-0.39, 0.29) is 6.04 Å². The molecule has 2 atom stereocenters. The van der Waals surface area contributed by atoms with Crippen LogP contribution in [0.2, 0.25) is 0 Å². The first-order chi connectivity index (χ1) is 9.90. The van der Waals surface area contributed by atoms with Gasteiger partial charge in [0.05, 0.1) is 36.1 Å². The molecule has 120 valence electrons. The van der Waals surface area contributed by atoms with Gasteiger partial charge >= 0.3 is 0 Å². The Morgan fingerprint density at radius 2 is 2.38 bits per heavy atom. The molecule has 0 bridgehead atoms. The molecule has 1 aliphatic heterocycles. The smallest absolute Gasteiger partial charge is 0.106 e. The molecule has 2 unspecified atom stereocenters. The second-order valence-corrected chi connectivity index (χ2v) is 6.93. The Morgan fingerprint density at radius 3 is 3.00 bits per heavy atom. The average molecular weight is 361 g/mol. The monoisotopic (exact) mass is 360 g/mol. The number of nitrogens with one attached hydrogen (secondary N) is 1. The number of nitrogens with zero attached hydrogens (tertiary/aromatic N) is 3. The lowest BCUT2D eigenvalue weighted by atomic mass is 9.93. The number of morpholine rings is 1. The van der Waals surface area contributed by atoms with E-state index in [0.717, 1.165) is 36.4 Å². The summed E-state index contributed by atoms with van der Waals surface area (Å²) in [6.45, 7) is 5.68. The minimum absolute atomic E-state index is 0.165. The minimum Gasteiger partial charge on any atom is -0.384 e. The highest BCUT2D eigenvalue weighted by atomic mass is 79.9. The van der Waals surface area contributed by atoms with E-state index >= 15 is 0 Å². The van der Waals surface area contributed by atoms with Crippen LogP contribution in [-0.4, -0.2) is 66.2 Å². The second kappa shape index (κ2) is 7.19. The standard InChI is InChI=1S/C14H25BrN4O2/c1-14(20,8-11-10-21-7-4-16-11)13-12(15)9-17-19(13)6-5-18(2)3/h9,11,16,20H,4-8,10H2,1-3H3. The van der Waals surface area contributed by atoms with Gasteiger partial charge in [0.2, 0.25) is 0 Å². The Hall–Kier alpha value is -0.470. The number of aromatic nitrogens is 2. The van der Waals surface area contributed by atoms with Gasteiger partial charge in [-0.25, -0.2) is 0 Å². The third-order valence-electron chi connectivity index (χ3n) is 3.71. The highest BCUT2D eigenvalue weighted by Gasteiger charge is 2.33. The van der Waals surface area contributed by atoms with Crippen LogP contribution >= 0.6 is 15.9 Å². The molecular formula is C14H25BrN4O2. The van der Waals surface area contributed by atoms with Gasteiger partial charge in [0.1, 0.15) is 5.60 Å². The molecule has 0 spiro atoms. The molecule has 6 nitrogen and oxygen atoms in total. The van der Waals surface area contributed by atoms with Crippen molar-refractivity contribution in [2.24, 2.45) is 0 Å². The molecule has 2 heterocycles. The van der Waals surface area contributed by atoms with Crippen molar-refractivity contribution >= 4 is 15.9 Å². The van der Waals surface area contributed by atoms with Gasteiger partial charge in [-0.1, -0.05) is 0 Å². The molecule has 7 heteroatoms. The number of likely N-dealkylation sites (N-methyl/N-ethyl adjacent to an activating group) is 1. The Balaban J connectivity index is 2.11. The van der Waals surface area contributed by atoms with Crippen molar-refractivity contribution in [3.8, 4) is 0 Å². The largest absolute Gasteiger partial charge is 0.384 e. The number of halogens is 1. The first-order valence-electron chi connectivity index (χ1n) is 7.30. The van der Waals surface area contributed by atoms with Crippen LogP contribution in [0.1, 0.15) is 19.0 Å². The van der Waals surface area contributed by atoms with E-state index in [4.69, 9.17) is 4.74 Å². The van der Waals surface area contributed by atoms with Gasteiger partial charge < -0.3 is 20.1 Å². The van der Waals surface area contributed by atoms with Crippen LogP contribution in [0.5, 0.6) is 0 Å². The van der Waals surface area contributed by atoms with Crippen LogP contribution in [0.3, 0.4) is 0 Å². The molecule has 2 rings (SSSR count). The third kappa shape index (κ3) is 4.50. The van der Waals surface area contributed by atoms with Crippen molar-refractivity contribution in [1.82, 2.24) is 20.0 Å². The fourth-order valence-corrected chi connectivity index (χ4v) is 3.41. The number of hydrogen-bond donors (Lipinski definition) is 2. The van der Waals surface area contributed by atoms with Crippen LogP contribution in [-0.2, 0) is 16.9 Å². The molecule has 0 saturated carbocycles. The maximum Gasteiger partial charge on any atom is 0.106 e. The second-order valence-electron chi connectivity index (χ2n) is 6.07. The molecule has 1 aliphatic rings. The highest BCUT2D eigenvalue weighted by Crippen LogP contribution is 2.32. The Labute approximate surface area is 134 Å². The molecule has 1 fully saturated rings. The lowest BCUT2D eigenvalue weighted by Crippen LogP contribution is -2.45. The maximum absolute atomic E-state index is 11.0. The predicted octanol–water partition coefficient (Wildman–Crippen LogP) is 0.793. The highest BCUT2D eigenvalue weighted by molar-refractivity contribution is 9.10. The maximum atomic E-state index is 11.0. The fraction of sp³-hybridized carbons (Fsp3) is 0.786. The summed E-state index contributed by atoms with van der Waals surface area (Å²) in [5.41, 5.74) is -0.128. The normalized spacial score (nSPS) is 22.5. The molecule has 0 aromatic carbocycles. The van der Waals surface area contributed by atoms with E-state index in [1.54, 1.807) is 6.20 Å². The Morgan fingerprint density at radius 1 is 1.62 bits per heavy atom. The van der Waals surface area contributed by atoms with Crippen LogP contribution < -0.4 is 5.32 Å². The summed E-state index contributed by atoms with van der Waals surface area (Å²) in [6.07, 6.45) is 2.35. The summed E-state index contributed by atoms with van der Waals surface area (Å²) in [4.78, 5) is 2.10. The summed E-state index contributed by atoms with van der Waals surface area (Å²) in [5, 5.41) is 18.7. The molecule has 0 amide bonds. The fourth-order valence-electron chi connectivity index (χ4n) is 2.69. The van der Waals surface area contributed by atoms with E-state index in [1.165, 1.54) is 0 Å². The molecule has 1 aromatic rings. The summed E-state index contributed by atoms with van der Waals surface area (Å²) in [7, 11) is 4.05. The van der Waals surface area contributed by atoms with Crippen molar-refractivity contribution < 1.29 is 9.84 Å². The SMILES string of the molecule is CN(C)CCn1ncc(Br)c1C(C)(O)CC1COCCN1. The summed E-state index contributed by atoms with van der Waals surface area (Å²) in [5.74, 6) is 0. The van der Waals surface area contributed by atoms with Crippen molar-refractivity contribution in [1.29, 1.82) is 0 Å². The van der Waals surface area contributed by atoms with Crippen LogP contribution in [0, 0.1) is 0 Å². The van der Waals surface area contributed by atoms with Crippen LogP contribution in [0.25, 0.3) is 0 Å². The predicted molar refractivity (Wildman–Crippen MR) is 85.3 cm³/mol. The van der Waals surface area contributed by atoms with E-state index in [2.05, 4.69) is 31.2 Å². The first-order valence-corrected chi connectivity index (χ1v) is 8.09. The van der Waals surface area contributed by atoms with E-state index in [1.807, 2.05) is 25.7 Å². The molecule has 21 heavy (non-hydrogen) atoms. The number of aliphatic hydroxyl groups is 1. The number of rotatable bonds is 6. The van der Waals surface area contributed by atoms with Gasteiger partial charge in [-0.2, -0.15) is 5.10 Å². The first kappa shape index (κ1) is 16.9. The van der Waals surface area contributed by atoms with Gasteiger partial charge in [0, 0.05) is 19.1 Å². The Bertz CT molecular complexity index is 456. The molecule has 2 N–H and O–H groups in total. The number of hydrogen-bond acceptors (Lipinski definition) is 5. The lowest BCUT2D eigenvalue weighted by Gasteiger charge is -2.32. The van der Waals surface area contributed by atoms with Crippen molar-refractivity contribution in [2.75, 3.05) is 40.4 Å². The summed E-state index contributed by atoms with van der Waals surface area (Å²) >= 11 is 3.52. The van der Waals surface area contributed by atoms with Gasteiger partial charge in [-0.3, -0.25) is 4.68 Å². The lowest BCUT2D eigenvalue weighted by molar-refractivity contribution is -0.00305. The van der Waals surface area contributed by atoms with E-state index in [0.29, 0.717) is 13.0 Å². The summed E-state index contributed by atoms with van der Waals surface area (Å²) in [6, 6.07) is 0.165. The van der Waals surface area contributed by atoms with Crippen LogP contribution in [0.4, 0.5) is 0 Å². The quantitative estimate of drug-likeness (QED) is 0.785. The van der Waals surface area contributed by atoms with Crippen molar-refractivity contribution in [3.63, 3.8) is 0 Å². The van der Waals surface area contributed by atoms with Gasteiger partial charge in [-0.15, -0.1) is 0 Å².